The zero-order valence-electron chi connectivity index (χ0n) is 16.0. The minimum absolute atomic E-state index is 0.296. The lowest BCUT2D eigenvalue weighted by Crippen LogP contribution is -2.35. The van der Waals surface area contributed by atoms with E-state index in [1.54, 1.807) is 6.08 Å². The molecule has 0 saturated carbocycles. The Kier molecular flexibility index (Phi) is 5.21. The molecule has 29 heavy (non-hydrogen) atoms. The third kappa shape index (κ3) is 3.67. The Bertz CT molecular complexity index is 1120. The molecular formula is C23H21N5O. The first-order valence-corrected chi connectivity index (χ1v) is 9.58. The Hall–Kier alpha value is -3.72. The zero-order chi connectivity index (χ0) is 20.2. The van der Waals surface area contributed by atoms with E-state index in [0.29, 0.717) is 30.1 Å². The van der Waals surface area contributed by atoms with Gasteiger partial charge in [0.15, 0.2) is 11.7 Å². The Morgan fingerprint density at radius 3 is 2.59 bits per heavy atom. The third-order valence-corrected chi connectivity index (χ3v) is 5.09. The van der Waals surface area contributed by atoms with E-state index in [0.717, 1.165) is 18.5 Å². The summed E-state index contributed by atoms with van der Waals surface area (Å²) in [5, 5.41) is 12.5. The molecular weight excluding hydrogens is 362 g/mol. The number of anilines is 1. The molecule has 0 bridgehead atoms. The number of hydrogen-bond donors (Lipinski definition) is 1. The highest BCUT2D eigenvalue weighted by atomic mass is 16.1. The summed E-state index contributed by atoms with van der Waals surface area (Å²) in [5.74, 6) is -0.839. The number of amides is 1. The van der Waals surface area contributed by atoms with Crippen LogP contribution in [0.25, 0.3) is 11.0 Å². The van der Waals surface area contributed by atoms with Gasteiger partial charge >= 0.3 is 0 Å². The molecule has 6 nitrogen and oxygen atoms in total. The van der Waals surface area contributed by atoms with Crippen molar-refractivity contribution in [3.8, 4) is 6.07 Å². The fourth-order valence-corrected chi connectivity index (χ4v) is 3.63. The standard InChI is InChI=1S/C23H21N5O/c1-2-12-25-23(29)18(14-24)21-22(27-20-10-6-5-9-19(20)26-21)28-13-11-16-7-3-4-8-17(16)15-28/h2-10,18H,1,11-13,15H2,(H,25,29). The molecule has 2 aromatic carbocycles. The first-order valence-electron chi connectivity index (χ1n) is 9.58. The van der Waals surface area contributed by atoms with Crippen molar-refractivity contribution < 1.29 is 4.79 Å². The molecule has 0 fully saturated rings. The minimum Gasteiger partial charge on any atom is -0.351 e. The zero-order valence-corrected chi connectivity index (χ0v) is 16.0. The summed E-state index contributed by atoms with van der Waals surface area (Å²) in [4.78, 5) is 24.3. The maximum atomic E-state index is 12.6. The SMILES string of the molecule is C=CCNC(=O)C(C#N)c1nc2ccccc2nc1N1CCc2ccccc2C1. The molecule has 2 heterocycles. The van der Waals surface area contributed by atoms with E-state index < -0.39 is 11.8 Å². The van der Waals surface area contributed by atoms with Crippen LogP contribution in [0.4, 0.5) is 5.82 Å². The number of para-hydroxylation sites is 2. The van der Waals surface area contributed by atoms with Gasteiger partial charge in [-0.3, -0.25) is 4.79 Å². The highest BCUT2D eigenvalue weighted by Crippen LogP contribution is 2.30. The van der Waals surface area contributed by atoms with E-state index in [-0.39, 0.29) is 0 Å². The van der Waals surface area contributed by atoms with Crippen LogP contribution in [0.3, 0.4) is 0 Å². The van der Waals surface area contributed by atoms with Crippen LogP contribution in [0.15, 0.2) is 61.2 Å². The lowest BCUT2D eigenvalue weighted by Gasteiger charge is -2.31. The van der Waals surface area contributed by atoms with Gasteiger partial charge in [-0.1, -0.05) is 42.5 Å². The average Bonchev–Trinajstić information content (AvgIpc) is 2.77. The molecule has 1 aliphatic rings. The molecule has 0 saturated heterocycles. The second-order valence-corrected chi connectivity index (χ2v) is 6.96. The van der Waals surface area contributed by atoms with Crippen molar-refractivity contribution in [3.05, 3.63) is 78.0 Å². The summed E-state index contributed by atoms with van der Waals surface area (Å²) in [6, 6.07) is 17.9. The molecule has 144 valence electrons. The number of rotatable bonds is 5. The molecule has 1 aliphatic heterocycles. The maximum Gasteiger partial charge on any atom is 0.243 e. The minimum atomic E-state index is -1.04. The fourth-order valence-electron chi connectivity index (χ4n) is 3.63. The number of hydrogen-bond acceptors (Lipinski definition) is 5. The molecule has 1 atom stereocenters. The van der Waals surface area contributed by atoms with Crippen LogP contribution in [-0.4, -0.2) is 29.0 Å². The fraction of sp³-hybridized carbons (Fsp3) is 0.217. The van der Waals surface area contributed by atoms with Gasteiger partial charge in [0.25, 0.3) is 0 Å². The molecule has 6 heteroatoms. The quantitative estimate of drug-likeness (QED) is 0.685. The summed E-state index contributed by atoms with van der Waals surface area (Å²) in [7, 11) is 0. The van der Waals surface area contributed by atoms with E-state index in [2.05, 4.69) is 35.0 Å². The summed E-state index contributed by atoms with van der Waals surface area (Å²) in [6.45, 7) is 5.33. The number of nitrogens with one attached hydrogen (secondary N) is 1. The van der Waals surface area contributed by atoms with Crippen LogP contribution in [-0.2, 0) is 17.8 Å². The van der Waals surface area contributed by atoms with Crippen molar-refractivity contribution in [1.82, 2.24) is 15.3 Å². The van der Waals surface area contributed by atoms with Crippen LogP contribution < -0.4 is 10.2 Å². The van der Waals surface area contributed by atoms with Crippen molar-refractivity contribution in [1.29, 1.82) is 5.26 Å². The number of benzene rings is 2. The second-order valence-electron chi connectivity index (χ2n) is 6.96. The second kappa shape index (κ2) is 8.11. The summed E-state index contributed by atoms with van der Waals surface area (Å²) in [5.41, 5.74) is 4.35. The van der Waals surface area contributed by atoms with E-state index in [1.165, 1.54) is 11.1 Å². The maximum absolute atomic E-state index is 12.6. The number of aromatic nitrogens is 2. The molecule has 1 aromatic heterocycles. The van der Waals surface area contributed by atoms with Crippen molar-refractivity contribution in [2.75, 3.05) is 18.0 Å². The third-order valence-electron chi connectivity index (χ3n) is 5.09. The van der Waals surface area contributed by atoms with E-state index in [1.807, 2.05) is 36.4 Å². The van der Waals surface area contributed by atoms with Gasteiger partial charge in [0.05, 0.1) is 17.1 Å². The van der Waals surface area contributed by atoms with Gasteiger partial charge in [0, 0.05) is 19.6 Å². The topological polar surface area (TPSA) is 81.9 Å². The van der Waals surface area contributed by atoms with Crippen LogP contribution in [0.2, 0.25) is 0 Å². The Labute approximate surface area is 169 Å². The number of fused-ring (bicyclic) bond motifs is 2. The van der Waals surface area contributed by atoms with Crippen molar-refractivity contribution in [2.45, 2.75) is 18.9 Å². The highest BCUT2D eigenvalue weighted by molar-refractivity contribution is 5.89. The monoisotopic (exact) mass is 383 g/mol. The first-order chi connectivity index (χ1) is 14.2. The Morgan fingerprint density at radius 1 is 1.17 bits per heavy atom. The van der Waals surface area contributed by atoms with E-state index >= 15 is 0 Å². The highest BCUT2D eigenvalue weighted by Gasteiger charge is 2.29. The summed E-state index contributed by atoms with van der Waals surface area (Å²) >= 11 is 0. The molecule has 1 unspecified atom stereocenters. The lowest BCUT2D eigenvalue weighted by molar-refractivity contribution is -0.121. The number of nitriles is 1. The Balaban J connectivity index is 1.80. The normalized spacial score (nSPS) is 14.0. The Morgan fingerprint density at radius 2 is 1.86 bits per heavy atom. The van der Waals surface area contributed by atoms with Crippen LogP contribution in [0.1, 0.15) is 22.7 Å². The van der Waals surface area contributed by atoms with Crippen LogP contribution >= 0.6 is 0 Å². The predicted molar refractivity (Wildman–Crippen MR) is 112 cm³/mol. The van der Waals surface area contributed by atoms with Gasteiger partial charge in [-0.15, -0.1) is 6.58 Å². The van der Waals surface area contributed by atoms with Gasteiger partial charge in [0.1, 0.15) is 5.69 Å². The van der Waals surface area contributed by atoms with Crippen molar-refractivity contribution in [3.63, 3.8) is 0 Å². The van der Waals surface area contributed by atoms with Crippen LogP contribution in [0.5, 0.6) is 0 Å². The smallest absolute Gasteiger partial charge is 0.243 e. The summed E-state index contributed by atoms with van der Waals surface area (Å²) < 4.78 is 0. The van der Waals surface area contributed by atoms with Gasteiger partial charge in [0.2, 0.25) is 5.91 Å². The molecule has 0 aliphatic carbocycles. The molecule has 1 N–H and O–H groups in total. The van der Waals surface area contributed by atoms with Gasteiger partial charge in [-0.05, 0) is 29.7 Å². The van der Waals surface area contributed by atoms with Crippen molar-refractivity contribution in [2.24, 2.45) is 0 Å². The number of nitrogens with zero attached hydrogens (tertiary/aromatic N) is 4. The van der Waals surface area contributed by atoms with E-state index in [9.17, 15) is 10.1 Å². The largest absolute Gasteiger partial charge is 0.351 e. The molecule has 1 amide bonds. The lowest BCUT2D eigenvalue weighted by atomic mass is 9.98. The summed E-state index contributed by atoms with van der Waals surface area (Å²) in [6.07, 6.45) is 2.46. The van der Waals surface area contributed by atoms with Crippen molar-refractivity contribution >= 4 is 22.8 Å². The molecule has 0 radical (unpaired) electrons. The van der Waals surface area contributed by atoms with Crippen LogP contribution in [0, 0.1) is 11.3 Å². The molecule has 0 spiro atoms. The van der Waals surface area contributed by atoms with Gasteiger partial charge < -0.3 is 10.2 Å². The number of carbonyl (C=O) groups is 1. The van der Waals surface area contributed by atoms with Gasteiger partial charge in [-0.2, -0.15) is 5.26 Å². The van der Waals surface area contributed by atoms with Gasteiger partial charge in [-0.25, -0.2) is 9.97 Å². The van der Waals surface area contributed by atoms with E-state index in [4.69, 9.17) is 9.97 Å². The predicted octanol–water partition coefficient (Wildman–Crippen LogP) is 3.10. The first kappa shape index (κ1) is 18.6. The number of carbonyl (C=O) groups excluding carboxylic acids is 1. The molecule has 3 aromatic rings. The average molecular weight is 383 g/mol. The molecule has 4 rings (SSSR count).